The molecule has 0 saturated heterocycles. The lowest BCUT2D eigenvalue weighted by Crippen LogP contribution is -2.21. The Balaban J connectivity index is 1.74. The molecule has 0 heterocycles. The fourth-order valence-corrected chi connectivity index (χ4v) is 5.03. The van der Waals surface area contributed by atoms with Gasteiger partial charge in [-0.3, -0.25) is 0 Å². The molecule has 0 fully saturated rings. The van der Waals surface area contributed by atoms with Crippen LogP contribution >= 0.6 is 0 Å². The minimum atomic E-state index is 0.0930. The summed E-state index contributed by atoms with van der Waals surface area (Å²) in [5.41, 5.74) is 10.0. The zero-order valence-electron chi connectivity index (χ0n) is 20.5. The highest BCUT2D eigenvalue weighted by Crippen LogP contribution is 2.39. The Hall–Kier alpha value is -3.36. The number of anilines is 1. The lowest BCUT2D eigenvalue weighted by atomic mass is 9.82. The summed E-state index contributed by atoms with van der Waals surface area (Å²) < 4.78 is 0. The molecule has 0 bridgehead atoms. The van der Waals surface area contributed by atoms with Gasteiger partial charge >= 0.3 is 0 Å². The van der Waals surface area contributed by atoms with Crippen LogP contribution in [0.3, 0.4) is 0 Å². The first-order valence-corrected chi connectivity index (χ1v) is 12.2. The molecule has 2 nitrogen and oxygen atoms in total. The highest BCUT2D eigenvalue weighted by atomic mass is 16.2. The van der Waals surface area contributed by atoms with Crippen molar-refractivity contribution >= 4 is 5.69 Å². The summed E-state index contributed by atoms with van der Waals surface area (Å²) in [4.78, 5) is 0. The maximum absolute atomic E-state index is 9.70. The van der Waals surface area contributed by atoms with Crippen LogP contribution in [0.1, 0.15) is 52.6 Å². The highest BCUT2D eigenvalue weighted by molar-refractivity contribution is 5.64. The molecule has 2 atom stereocenters. The van der Waals surface area contributed by atoms with Crippen LogP contribution < -0.4 is 5.32 Å². The van der Waals surface area contributed by atoms with E-state index in [0.717, 1.165) is 12.8 Å². The Morgan fingerprint density at radius 3 is 1.82 bits per heavy atom. The second-order valence-electron chi connectivity index (χ2n) is 9.27. The van der Waals surface area contributed by atoms with Gasteiger partial charge in [0.2, 0.25) is 0 Å². The molecule has 34 heavy (non-hydrogen) atoms. The summed E-state index contributed by atoms with van der Waals surface area (Å²) in [5, 5.41) is 13.6. The first kappa shape index (κ1) is 23.8. The van der Waals surface area contributed by atoms with Gasteiger partial charge in [-0.1, -0.05) is 103 Å². The number of rotatable bonds is 9. The van der Waals surface area contributed by atoms with Gasteiger partial charge in [0.05, 0.1) is 6.04 Å². The second-order valence-corrected chi connectivity index (χ2v) is 9.27. The predicted molar refractivity (Wildman–Crippen MR) is 144 cm³/mol. The maximum Gasteiger partial charge on any atom is 0.0582 e. The number of aryl methyl sites for hydroxylation is 3. The Morgan fingerprint density at radius 2 is 1.24 bits per heavy atom. The van der Waals surface area contributed by atoms with E-state index in [2.05, 4.69) is 117 Å². The van der Waals surface area contributed by atoms with Crippen molar-refractivity contribution in [3.63, 3.8) is 0 Å². The number of aliphatic hydroxyl groups excluding tert-OH is 1. The molecule has 0 aliphatic rings. The average molecular weight is 450 g/mol. The molecule has 4 aromatic carbocycles. The quantitative estimate of drug-likeness (QED) is 0.271. The molecular weight excluding hydrogens is 414 g/mol. The van der Waals surface area contributed by atoms with Crippen molar-refractivity contribution in [2.75, 3.05) is 11.9 Å². The minimum absolute atomic E-state index is 0.0930. The molecule has 4 rings (SSSR count). The zero-order valence-corrected chi connectivity index (χ0v) is 20.5. The smallest absolute Gasteiger partial charge is 0.0582 e. The molecule has 2 unspecified atom stereocenters. The Morgan fingerprint density at radius 1 is 0.676 bits per heavy atom. The van der Waals surface area contributed by atoms with Crippen LogP contribution in [-0.4, -0.2) is 11.7 Å². The molecule has 0 aromatic heterocycles. The van der Waals surface area contributed by atoms with Gasteiger partial charge in [0.1, 0.15) is 0 Å². The van der Waals surface area contributed by atoms with Crippen LogP contribution in [0, 0.1) is 20.8 Å². The van der Waals surface area contributed by atoms with Crippen molar-refractivity contribution in [2.45, 2.75) is 45.6 Å². The lowest BCUT2D eigenvalue weighted by Gasteiger charge is -2.31. The van der Waals surface area contributed by atoms with Crippen LogP contribution in [0.2, 0.25) is 0 Å². The SMILES string of the molecule is Cc1cc(C)c(NC(c2ccccc2)C(CCCO)c2ccc(-c3ccccc3)cc2)c(C)c1. The first-order valence-electron chi connectivity index (χ1n) is 12.2. The third kappa shape index (κ3) is 5.58. The molecule has 0 saturated carbocycles. The molecule has 0 aliphatic heterocycles. The highest BCUT2D eigenvalue weighted by Gasteiger charge is 2.26. The van der Waals surface area contributed by atoms with Gasteiger partial charge in [-0.25, -0.2) is 0 Å². The average Bonchev–Trinajstić information content (AvgIpc) is 2.86. The van der Waals surface area contributed by atoms with Crippen LogP contribution in [0.25, 0.3) is 11.1 Å². The number of aliphatic hydroxyl groups is 1. The summed E-state index contributed by atoms with van der Waals surface area (Å²) in [7, 11) is 0. The minimum Gasteiger partial charge on any atom is -0.396 e. The Kier molecular flexibility index (Phi) is 7.82. The van der Waals surface area contributed by atoms with Crippen LogP contribution in [0.5, 0.6) is 0 Å². The van der Waals surface area contributed by atoms with E-state index in [0.29, 0.717) is 0 Å². The second kappa shape index (κ2) is 11.2. The predicted octanol–water partition coefficient (Wildman–Crippen LogP) is 7.99. The molecule has 2 N–H and O–H groups in total. The summed E-state index contributed by atoms with van der Waals surface area (Å²) in [6.07, 6.45) is 1.67. The number of nitrogens with one attached hydrogen (secondary N) is 1. The third-order valence-electron chi connectivity index (χ3n) is 6.66. The Bertz CT molecular complexity index is 1160. The molecule has 174 valence electrons. The van der Waals surface area contributed by atoms with E-state index in [1.165, 1.54) is 44.6 Å². The molecule has 4 aromatic rings. The standard InChI is InChI=1S/C32H35NO/c1-23-21-24(2)31(25(3)22-23)33-32(29-13-8-5-9-14-29)30(15-10-20-34)28-18-16-27(17-19-28)26-11-6-4-7-12-26/h4-9,11-14,16-19,21-22,30,32-34H,10,15,20H2,1-3H3. The van der Waals surface area contributed by atoms with Gasteiger partial charge in [-0.2, -0.15) is 0 Å². The third-order valence-corrected chi connectivity index (χ3v) is 6.66. The van der Waals surface area contributed by atoms with Crippen molar-refractivity contribution in [1.29, 1.82) is 0 Å². The summed E-state index contributed by atoms with van der Waals surface area (Å²) in [6, 6.07) is 34.8. The van der Waals surface area contributed by atoms with Crippen molar-refractivity contribution in [1.82, 2.24) is 0 Å². The van der Waals surface area contributed by atoms with Gasteiger partial charge in [0, 0.05) is 18.2 Å². The van der Waals surface area contributed by atoms with E-state index in [1.807, 2.05) is 6.07 Å². The maximum atomic E-state index is 9.70. The van der Waals surface area contributed by atoms with Gasteiger partial charge in [-0.05, 0) is 67.0 Å². The summed E-state index contributed by atoms with van der Waals surface area (Å²) >= 11 is 0. The van der Waals surface area contributed by atoms with Crippen molar-refractivity contribution in [3.8, 4) is 11.1 Å². The fraction of sp³-hybridized carbons (Fsp3) is 0.250. The zero-order chi connectivity index (χ0) is 23.9. The number of hydrogen-bond donors (Lipinski definition) is 2. The Labute approximate surface area is 204 Å². The van der Waals surface area contributed by atoms with Gasteiger partial charge in [0.15, 0.2) is 0 Å². The van der Waals surface area contributed by atoms with E-state index in [-0.39, 0.29) is 18.6 Å². The number of benzene rings is 4. The first-order chi connectivity index (χ1) is 16.6. The van der Waals surface area contributed by atoms with Crippen LogP contribution in [-0.2, 0) is 0 Å². The lowest BCUT2D eigenvalue weighted by molar-refractivity contribution is 0.277. The molecule has 2 heteroatoms. The normalized spacial score (nSPS) is 12.8. The van der Waals surface area contributed by atoms with Gasteiger partial charge < -0.3 is 10.4 Å². The van der Waals surface area contributed by atoms with Crippen LogP contribution in [0.15, 0.2) is 97.1 Å². The van der Waals surface area contributed by atoms with E-state index in [9.17, 15) is 5.11 Å². The van der Waals surface area contributed by atoms with E-state index < -0.39 is 0 Å². The molecule has 0 radical (unpaired) electrons. The van der Waals surface area contributed by atoms with Crippen molar-refractivity contribution < 1.29 is 5.11 Å². The largest absolute Gasteiger partial charge is 0.396 e. The van der Waals surface area contributed by atoms with Crippen LogP contribution in [0.4, 0.5) is 5.69 Å². The van der Waals surface area contributed by atoms with E-state index >= 15 is 0 Å². The topological polar surface area (TPSA) is 32.3 Å². The van der Waals surface area contributed by atoms with Gasteiger partial charge in [0.25, 0.3) is 0 Å². The molecule has 0 amide bonds. The van der Waals surface area contributed by atoms with Crippen molar-refractivity contribution in [2.24, 2.45) is 0 Å². The summed E-state index contributed by atoms with van der Waals surface area (Å²) in [5.74, 6) is 0.222. The molecule has 0 spiro atoms. The van der Waals surface area contributed by atoms with E-state index in [1.54, 1.807) is 0 Å². The fourth-order valence-electron chi connectivity index (χ4n) is 5.03. The van der Waals surface area contributed by atoms with Crippen molar-refractivity contribution in [3.05, 3.63) is 125 Å². The molecular formula is C32H35NO. The van der Waals surface area contributed by atoms with E-state index in [4.69, 9.17) is 0 Å². The summed E-state index contributed by atoms with van der Waals surface area (Å²) in [6.45, 7) is 6.71. The number of hydrogen-bond acceptors (Lipinski definition) is 2. The molecule has 0 aliphatic carbocycles. The monoisotopic (exact) mass is 449 g/mol. The van der Waals surface area contributed by atoms with Gasteiger partial charge in [-0.15, -0.1) is 0 Å².